The van der Waals surface area contributed by atoms with Gasteiger partial charge in [-0.1, -0.05) is 38.8 Å². The molecule has 2 aliphatic carbocycles. The number of hydrogen-bond donors (Lipinski definition) is 2. The molecule has 4 rings (SSSR count). The van der Waals surface area contributed by atoms with Crippen LogP contribution in [0.5, 0.6) is 11.5 Å². The maximum absolute atomic E-state index is 13.8. The van der Waals surface area contributed by atoms with Gasteiger partial charge in [0.25, 0.3) is 0 Å². The number of nitrogens with one attached hydrogen (secondary N) is 2. The fourth-order valence-corrected chi connectivity index (χ4v) is 7.75. The number of carbonyl (C=O) groups is 4. The third-order valence-corrected chi connectivity index (χ3v) is 11.1. The van der Waals surface area contributed by atoms with Crippen molar-refractivity contribution in [2.24, 2.45) is 17.3 Å². The summed E-state index contributed by atoms with van der Waals surface area (Å²) in [6.45, 7) is 12.3. The van der Waals surface area contributed by atoms with Crippen LogP contribution in [0, 0.1) is 17.3 Å². The molecule has 3 atom stereocenters. The van der Waals surface area contributed by atoms with Crippen LogP contribution in [-0.4, -0.2) is 63.5 Å². The molecule has 10 heteroatoms. The summed E-state index contributed by atoms with van der Waals surface area (Å²) < 4.78 is 21.6. The number of unbranched alkanes of at least 4 members (excludes halogenated alkanes) is 1. The molecule has 2 aliphatic rings. The molecule has 0 radical (unpaired) electrons. The number of methoxy groups -OCH3 is 1. The zero-order chi connectivity index (χ0) is 41.9. The highest BCUT2D eigenvalue weighted by molar-refractivity contribution is 6.11. The Labute approximate surface area is 345 Å². The summed E-state index contributed by atoms with van der Waals surface area (Å²) in [5.74, 6) is -2.32. The van der Waals surface area contributed by atoms with E-state index >= 15 is 0 Å². The summed E-state index contributed by atoms with van der Waals surface area (Å²) in [6.07, 6.45) is 17.0. The first-order chi connectivity index (χ1) is 28.1. The predicted molar refractivity (Wildman–Crippen MR) is 228 cm³/mol. The van der Waals surface area contributed by atoms with Crippen LogP contribution in [0.2, 0.25) is 0 Å². The Hall–Kier alpha value is -5.12. The van der Waals surface area contributed by atoms with E-state index in [-0.39, 0.29) is 30.2 Å². The number of carbonyl (C=O) groups excluding carboxylic acids is 4. The van der Waals surface area contributed by atoms with E-state index in [1.54, 1.807) is 69.5 Å². The molecule has 3 unspecified atom stereocenters. The van der Waals surface area contributed by atoms with Gasteiger partial charge in [-0.15, -0.1) is 0 Å². The lowest BCUT2D eigenvalue weighted by atomic mass is 9.76. The van der Waals surface area contributed by atoms with Crippen LogP contribution in [0.3, 0.4) is 0 Å². The Morgan fingerprint density at radius 1 is 0.655 bits per heavy atom. The van der Waals surface area contributed by atoms with Crippen molar-refractivity contribution in [2.75, 3.05) is 40.0 Å². The zero-order valence-electron chi connectivity index (χ0n) is 35.5. The minimum Gasteiger partial charge on any atom is -0.497 e. The Balaban J connectivity index is 1.43. The van der Waals surface area contributed by atoms with Gasteiger partial charge in [-0.05, 0) is 149 Å². The second kappa shape index (κ2) is 23.3. The van der Waals surface area contributed by atoms with Crippen molar-refractivity contribution < 1.29 is 38.1 Å². The minimum absolute atomic E-state index is 0.0321. The third kappa shape index (κ3) is 12.7. The molecule has 0 saturated heterocycles. The Morgan fingerprint density at radius 3 is 1.62 bits per heavy atom. The van der Waals surface area contributed by atoms with Crippen LogP contribution in [0.4, 0.5) is 0 Å². The standard InChI is InChI=1S/C48H64N2O8/c1-7-12-28-48(8-2,33-50-39-19-14-17-37(32-39)43(47(54)58-11-5)45(52)35-22-26-41(27-23-35)56-9-3)29-15-30-49-38-18-13-16-36(31-38)42(46(53)57-10-4)44(51)34-20-24-40(55-6)25-21-34/h18-27,31-32,42-43,49-50H,7-17,28-30,33H2,1-6H3. The van der Waals surface area contributed by atoms with Crippen LogP contribution in [-0.2, 0) is 19.1 Å². The number of allylic oxidation sites excluding steroid dienone is 4. The quantitative estimate of drug-likeness (QED) is 0.0434. The van der Waals surface area contributed by atoms with E-state index in [2.05, 4.69) is 36.6 Å². The van der Waals surface area contributed by atoms with Crippen LogP contribution in [0.1, 0.15) is 120 Å². The minimum atomic E-state index is -1.01. The lowest BCUT2D eigenvalue weighted by molar-refractivity contribution is -0.146. The van der Waals surface area contributed by atoms with E-state index in [9.17, 15) is 19.2 Å². The van der Waals surface area contributed by atoms with Gasteiger partial charge >= 0.3 is 11.9 Å². The molecule has 0 amide bonds. The number of hydrogen-bond acceptors (Lipinski definition) is 10. The summed E-state index contributed by atoms with van der Waals surface area (Å²) >= 11 is 0. The highest BCUT2D eigenvalue weighted by Gasteiger charge is 2.35. The molecular formula is C48H64N2O8. The van der Waals surface area contributed by atoms with Gasteiger partial charge in [-0.3, -0.25) is 19.2 Å². The molecule has 314 valence electrons. The average molecular weight is 797 g/mol. The van der Waals surface area contributed by atoms with Gasteiger partial charge in [0.05, 0.1) is 26.9 Å². The molecule has 0 spiro atoms. The van der Waals surface area contributed by atoms with E-state index in [1.165, 1.54) is 0 Å². The number of esters is 2. The Morgan fingerprint density at radius 2 is 1.16 bits per heavy atom. The van der Waals surface area contributed by atoms with Gasteiger partial charge in [0.15, 0.2) is 11.6 Å². The number of Topliss-reactive ketones (excluding diaryl/α,β-unsaturated/α-hetero) is 2. The first kappa shape index (κ1) is 45.6. The highest BCUT2D eigenvalue weighted by Crippen LogP contribution is 2.35. The van der Waals surface area contributed by atoms with Gasteiger partial charge in [0.1, 0.15) is 23.3 Å². The summed E-state index contributed by atoms with van der Waals surface area (Å²) in [5, 5.41) is 7.30. The number of ketones is 2. The summed E-state index contributed by atoms with van der Waals surface area (Å²) in [6, 6.07) is 13.7. The highest BCUT2D eigenvalue weighted by atomic mass is 16.5. The lowest BCUT2D eigenvalue weighted by Gasteiger charge is -2.35. The van der Waals surface area contributed by atoms with E-state index in [1.807, 2.05) is 19.1 Å². The largest absolute Gasteiger partial charge is 0.497 e. The second-order valence-electron chi connectivity index (χ2n) is 15.0. The van der Waals surface area contributed by atoms with Crippen molar-refractivity contribution in [3.8, 4) is 11.5 Å². The Kier molecular flexibility index (Phi) is 18.3. The van der Waals surface area contributed by atoms with Gasteiger partial charge in [-0.25, -0.2) is 0 Å². The van der Waals surface area contributed by atoms with Crippen molar-refractivity contribution in [3.63, 3.8) is 0 Å². The second-order valence-corrected chi connectivity index (χ2v) is 15.0. The summed E-state index contributed by atoms with van der Waals surface area (Å²) in [5.41, 5.74) is 4.25. The van der Waals surface area contributed by atoms with Crippen LogP contribution < -0.4 is 20.1 Å². The smallest absolute Gasteiger partial charge is 0.321 e. The molecule has 58 heavy (non-hydrogen) atoms. The predicted octanol–water partition coefficient (Wildman–Crippen LogP) is 9.27. The molecule has 10 nitrogen and oxygen atoms in total. The topological polar surface area (TPSA) is 129 Å². The van der Waals surface area contributed by atoms with Crippen molar-refractivity contribution in [1.82, 2.24) is 10.6 Å². The van der Waals surface area contributed by atoms with Crippen molar-refractivity contribution in [2.45, 2.75) is 98.8 Å². The molecule has 0 aromatic heterocycles. The average Bonchev–Trinajstić information content (AvgIpc) is 3.24. The lowest BCUT2D eigenvalue weighted by Crippen LogP contribution is -2.35. The number of ether oxygens (including phenoxy) is 4. The SMILES string of the molecule is CCCCC(CC)(CCCNC1=CCCC(C(C(=O)OCC)C(=O)c2ccc(OC)cc2)=C1)CNC1=CCCC(C(C(=O)OCC)C(=O)c2ccc(OCC)cc2)=C1. The van der Waals surface area contributed by atoms with Crippen LogP contribution in [0.25, 0.3) is 0 Å². The fraction of sp³-hybridized carbons (Fsp3) is 0.500. The van der Waals surface area contributed by atoms with Crippen LogP contribution >= 0.6 is 0 Å². The summed E-state index contributed by atoms with van der Waals surface area (Å²) in [4.78, 5) is 54.0. The van der Waals surface area contributed by atoms with Crippen molar-refractivity contribution in [1.29, 1.82) is 0 Å². The molecule has 0 aliphatic heterocycles. The first-order valence-corrected chi connectivity index (χ1v) is 21.2. The van der Waals surface area contributed by atoms with E-state index < -0.39 is 23.8 Å². The zero-order valence-corrected chi connectivity index (χ0v) is 35.5. The first-order valence-electron chi connectivity index (χ1n) is 21.2. The Bertz CT molecular complexity index is 1810. The van der Waals surface area contributed by atoms with E-state index in [0.717, 1.165) is 74.2 Å². The molecule has 2 aromatic carbocycles. The van der Waals surface area contributed by atoms with Crippen molar-refractivity contribution in [3.05, 3.63) is 107 Å². The van der Waals surface area contributed by atoms with Crippen molar-refractivity contribution >= 4 is 23.5 Å². The fourth-order valence-electron chi connectivity index (χ4n) is 7.75. The normalized spacial score (nSPS) is 15.9. The van der Waals surface area contributed by atoms with E-state index in [0.29, 0.717) is 54.9 Å². The maximum atomic E-state index is 13.8. The molecular weight excluding hydrogens is 733 g/mol. The third-order valence-electron chi connectivity index (χ3n) is 11.1. The number of rotatable bonds is 25. The molecule has 0 fully saturated rings. The van der Waals surface area contributed by atoms with Gasteiger partial charge < -0.3 is 29.6 Å². The van der Waals surface area contributed by atoms with Crippen LogP contribution in [0.15, 0.2) is 95.4 Å². The molecule has 0 heterocycles. The molecule has 2 aromatic rings. The van der Waals surface area contributed by atoms with Gasteiger partial charge in [0.2, 0.25) is 0 Å². The molecule has 0 saturated carbocycles. The molecule has 2 N–H and O–H groups in total. The monoisotopic (exact) mass is 796 g/mol. The van der Waals surface area contributed by atoms with Gasteiger partial charge in [-0.2, -0.15) is 0 Å². The molecule has 0 bridgehead atoms. The number of benzene rings is 2. The summed E-state index contributed by atoms with van der Waals surface area (Å²) in [7, 11) is 1.57. The van der Waals surface area contributed by atoms with Gasteiger partial charge in [0, 0.05) is 35.6 Å². The maximum Gasteiger partial charge on any atom is 0.321 e. The van der Waals surface area contributed by atoms with E-state index in [4.69, 9.17) is 18.9 Å².